The predicted molar refractivity (Wildman–Crippen MR) is 103 cm³/mol. The van der Waals surface area contributed by atoms with E-state index in [0.717, 1.165) is 29.4 Å². The summed E-state index contributed by atoms with van der Waals surface area (Å²) in [6.07, 6.45) is 0. The van der Waals surface area contributed by atoms with Crippen molar-refractivity contribution in [2.45, 2.75) is 20.0 Å². The van der Waals surface area contributed by atoms with E-state index in [1.807, 2.05) is 49.4 Å². The molecule has 0 aliphatic carbocycles. The Labute approximate surface area is 154 Å². The molecule has 5 nitrogen and oxygen atoms in total. The van der Waals surface area contributed by atoms with E-state index in [0.29, 0.717) is 23.9 Å². The fourth-order valence-electron chi connectivity index (χ4n) is 2.42. The van der Waals surface area contributed by atoms with Gasteiger partial charge < -0.3 is 20.1 Å². The van der Waals surface area contributed by atoms with Crippen LogP contribution >= 0.6 is 11.6 Å². The molecule has 2 aromatic rings. The molecule has 0 saturated carbocycles. The zero-order chi connectivity index (χ0) is 18.1. The average molecular weight is 362 g/mol. The van der Waals surface area contributed by atoms with Crippen molar-refractivity contribution in [2.75, 3.05) is 20.8 Å². The summed E-state index contributed by atoms with van der Waals surface area (Å²) in [6, 6.07) is 13.5. The van der Waals surface area contributed by atoms with E-state index >= 15 is 0 Å². The largest absolute Gasteiger partial charge is 0.493 e. The fraction of sp³-hybridized carbons (Fsp3) is 0.316. The topological polar surface area (TPSA) is 54.9 Å². The summed E-state index contributed by atoms with van der Waals surface area (Å²) in [5.74, 6) is 2.17. The summed E-state index contributed by atoms with van der Waals surface area (Å²) in [5.41, 5.74) is 2.05. The molecule has 134 valence electrons. The van der Waals surface area contributed by atoms with Crippen LogP contribution in [0.25, 0.3) is 0 Å². The standard InChI is InChI=1S/C19H24ClN3O2/c1-4-21-19(22-12-14-7-5-9-16(20)11-14)23-13-15-8-6-10-17(24-2)18(15)25-3/h5-11H,4,12-13H2,1-3H3,(H2,21,22,23). The van der Waals surface area contributed by atoms with Crippen LogP contribution in [0.4, 0.5) is 0 Å². The van der Waals surface area contributed by atoms with Gasteiger partial charge in [0.1, 0.15) is 0 Å². The number of nitrogens with one attached hydrogen (secondary N) is 2. The van der Waals surface area contributed by atoms with Crippen molar-refractivity contribution in [3.8, 4) is 11.5 Å². The summed E-state index contributed by atoms with van der Waals surface area (Å²) in [6.45, 7) is 3.92. The third-order valence-electron chi connectivity index (χ3n) is 3.58. The second-order valence-electron chi connectivity index (χ2n) is 5.33. The van der Waals surface area contributed by atoms with Crippen molar-refractivity contribution in [3.63, 3.8) is 0 Å². The summed E-state index contributed by atoms with van der Waals surface area (Å²) >= 11 is 6.02. The van der Waals surface area contributed by atoms with Gasteiger partial charge in [0, 0.05) is 23.7 Å². The normalized spacial score (nSPS) is 11.1. The minimum Gasteiger partial charge on any atom is -0.493 e. The van der Waals surface area contributed by atoms with Gasteiger partial charge in [-0.3, -0.25) is 0 Å². The Kier molecular flexibility index (Phi) is 7.41. The van der Waals surface area contributed by atoms with Gasteiger partial charge in [0.05, 0.1) is 20.8 Å². The van der Waals surface area contributed by atoms with E-state index in [1.54, 1.807) is 14.2 Å². The first-order valence-electron chi connectivity index (χ1n) is 8.14. The highest BCUT2D eigenvalue weighted by molar-refractivity contribution is 6.30. The lowest BCUT2D eigenvalue weighted by atomic mass is 10.2. The Bertz CT molecular complexity index is 720. The first-order valence-corrected chi connectivity index (χ1v) is 8.52. The van der Waals surface area contributed by atoms with E-state index in [9.17, 15) is 0 Å². The van der Waals surface area contributed by atoms with E-state index in [4.69, 9.17) is 21.1 Å². The zero-order valence-corrected chi connectivity index (χ0v) is 15.6. The van der Waals surface area contributed by atoms with E-state index in [2.05, 4.69) is 15.6 Å². The Morgan fingerprint density at radius 2 is 1.88 bits per heavy atom. The number of guanidine groups is 1. The van der Waals surface area contributed by atoms with Gasteiger partial charge in [0.15, 0.2) is 17.5 Å². The molecule has 0 amide bonds. The van der Waals surface area contributed by atoms with Crippen LogP contribution in [0.3, 0.4) is 0 Å². The Hall–Kier alpha value is -2.40. The first-order chi connectivity index (χ1) is 12.2. The van der Waals surface area contributed by atoms with Crippen LogP contribution in [0.5, 0.6) is 11.5 Å². The number of rotatable bonds is 7. The molecule has 2 aromatic carbocycles. The number of hydrogen-bond acceptors (Lipinski definition) is 3. The second-order valence-corrected chi connectivity index (χ2v) is 5.77. The number of benzene rings is 2. The molecule has 0 bridgehead atoms. The molecule has 0 fully saturated rings. The third-order valence-corrected chi connectivity index (χ3v) is 3.82. The molecule has 2 N–H and O–H groups in total. The van der Waals surface area contributed by atoms with E-state index < -0.39 is 0 Å². The van der Waals surface area contributed by atoms with Crippen LogP contribution < -0.4 is 20.1 Å². The number of nitrogens with zero attached hydrogens (tertiary/aromatic N) is 1. The molecular weight excluding hydrogens is 338 g/mol. The molecule has 0 heterocycles. The van der Waals surface area contributed by atoms with Crippen LogP contribution in [0.15, 0.2) is 47.5 Å². The molecule has 2 rings (SSSR count). The number of ether oxygens (including phenoxy) is 2. The Morgan fingerprint density at radius 1 is 1.08 bits per heavy atom. The van der Waals surface area contributed by atoms with Crippen molar-refractivity contribution in [1.29, 1.82) is 0 Å². The molecule has 0 radical (unpaired) electrons. The molecule has 0 spiro atoms. The maximum Gasteiger partial charge on any atom is 0.191 e. The maximum absolute atomic E-state index is 6.02. The van der Waals surface area contributed by atoms with Crippen molar-refractivity contribution in [3.05, 3.63) is 58.6 Å². The van der Waals surface area contributed by atoms with E-state index in [1.165, 1.54) is 0 Å². The van der Waals surface area contributed by atoms with Gasteiger partial charge in [0.2, 0.25) is 0 Å². The molecule has 0 aliphatic rings. The number of para-hydroxylation sites is 1. The quantitative estimate of drug-likeness (QED) is 0.584. The number of halogens is 1. The number of hydrogen-bond donors (Lipinski definition) is 2. The van der Waals surface area contributed by atoms with Gasteiger partial charge in [-0.25, -0.2) is 4.99 Å². The van der Waals surface area contributed by atoms with Gasteiger partial charge in [0.25, 0.3) is 0 Å². The summed E-state index contributed by atoms with van der Waals surface area (Å²) in [5, 5.41) is 7.27. The minimum absolute atomic E-state index is 0.547. The molecule has 0 atom stereocenters. The number of aliphatic imine (C=N–C) groups is 1. The highest BCUT2D eigenvalue weighted by Crippen LogP contribution is 2.30. The van der Waals surface area contributed by atoms with Gasteiger partial charge in [-0.2, -0.15) is 0 Å². The highest BCUT2D eigenvalue weighted by Gasteiger charge is 2.09. The van der Waals surface area contributed by atoms with Crippen LogP contribution in [0, 0.1) is 0 Å². The molecule has 0 aromatic heterocycles. The molecular formula is C19H24ClN3O2. The van der Waals surface area contributed by atoms with Crippen molar-refractivity contribution >= 4 is 17.6 Å². The lowest BCUT2D eigenvalue weighted by Gasteiger charge is -2.15. The van der Waals surface area contributed by atoms with Crippen molar-refractivity contribution in [1.82, 2.24) is 10.6 Å². The summed E-state index contributed by atoms with van der Waals surface area (Å²) in [4.78, 5) is 4.60. The fourth-order valence-corrected chi connectivity index (χ4v) is 2.63. The van der Waals surface area contributed by atoms with Crippen LogP contribution in [0.2, 0.25) is 5.02 Å². The lowest BCUT2D eigenvalue weighted by molar-refractivity contribution is 0.351. The summed E-state index contributed by atoms with van der Waals surface area (Å²) < 4.78 is 10.8. The predicted octanol–water partition coefficient (Wildman–Crippen LogP) is 3.61. The number of methoxy groups -OCH3 is 2. The van der Waals surface area contributed by atoms with Gasteiger partial charge in [-0.1, -0.05) is 35.9 Å². The van der Waals surface area contributed by atoms with Crippen molar-refractivity contribution in [2.24, 2.45) is 4.99 Å². The second kappa shape index (κ2) is 9.79. The lowest BCUT2D eigenvalue weighted by Crippen LogP contribution is -2.36. The molecule has 0 saturated heterocycles. The molecule has 0 unspecified atom stereocenters. The highest BCUT2D eigenvalue weighted by atomic mass is 35.5. The van der Waals surface area contributed by atoms with Gasteiger partial charge in [-0.05, 0) is 30.7 Å². The van der Waals surface area contributed by atoms with Crippen LogP contribution in [-0.2, 0) is 13.1 Å². The van der Waals surface area contributed by atoms with Crippen LogP contribution in [0.1, 0.15) is 18.1 Å². The van der Waals surface area contributed by atoms with E-state index in [-0.39, 0.29) is 0 Å². The molecule has 0 aliphatic heterocycles. The summed E-state index contributed by atoms with van der Waals surface area (Å²) in [7, 11) is 3.27. The third kappa shape index (κ3) is 5.57. The minimum atomic E-state index is 0.547. The molecule has 25 heavy (non-hydrogen) atoms. The SMILES string of the molecule is CCNC(=NCc1cccc(Cl)c1)NCc1cccc(OC)c1OC. The zero-order valence-electron chi connectivity index (χ0n) is 14.8. The Morgan fingerprint density at radius 3 is 2.56 bits per heavy atom. The Balaban J connectivity index is 2.08. The first kappa shape index (κ1) is 18.9. The smallest absolute Gasteiger partial charge is 0.191 e. The van der Waals surface area contributed by atoms with Crippen LogP contribution in [-0.4, -0.2) is 26.7 Å². The monoisotopic (exact) mass is 361 g/mol. The van der Waals surface area contributed by atoms with Gasteiger partial charge in [-0.15, -0.1) is 0 Å². The van der Waals surface area contributed by atoms with Gasteiger partial charge >= 0.3 is 0 Å². The maximum atomic E-state index is 6.02. The van der Waals surface area contributed by atoms with Crippen molar-refractivity contribution < 1.29 is 9.47 Å². The average Bonchev–Trinajstić information content (AvgIpc) is 2.63. The molecule has 6 heteroatoms.